The van der Waals surface area contributed by atoms with Crippen LogP contribution < -0.4 is 19.7 Å². The standard InChI is InChI=1S/C25H18N6O4S/c26-9-17-15-3-1-2-4-16(15)19(10-27-17)31-23(32)22-18-8-14(30(22)25(31)33)11-29(18)24(36)28-13-5-6-20-21(7-13)35-12-34-20/h1-7,10,14,18,22H,8,11-12H2,(H,28,36). The normalized spacial score (nSPS) is 23.4. The quantitative estimate of drug-likeness (QED) is 0.421. The van der Waals surface area contributed by atoms with Gasteiger partial charge in [0.2, 0.25) is 6.79 Å². The third kappa shape index (κ3) is 2.82. The van der Waals surface area contributed by atoms with Crippen molar-refractivity contribution in [2.24, 2.45) is 0 Å². The number of carbonyl (C=O) groups is 2. The molecule has 1 aromatic heterocycles. The van der Waals surface area contributed by atoms with E-state index < -0.39 is 6.04 Å². The van der Waals surface area contributed by atoms with Crippen LogP contribution in [-0.4, -0.2) is 63.3 Å². The van der Waals surface area contributed by atoms with Crippen molar-refractivity contribution in [3.8, 4) is 17.6 Å². The minimum absolute atomic E-state index is 0.129. The first-order chi connectivity index (χ1) is 17.5. The summed E-state index contributed by atoms with van der Waals surface area (Å²) in [6, 6.07) is 13.4. The van der Waals surface area contributed by atoms with Crippen LogP contribution in [0.3, 0.4) is 0 Å². The molecule has 3 amide bonds. The highest BCUT2D eigenvalue weighted by Gasteiger charge is 2.62. The van der Waals surface area contributed by atoms with Gasteiger partial charge in [-0.25, -0.2) is 14.7 Å². The first-order valence-corrected chi connectivity index (χ1v) is 11.9. The Balaban J connectivity index is 1.17. The summed E-state index contributed by atoms with van der Waals surface area (Å²) in [6.07, 6.45) is 2.11. The Hall–Kier alpha value is -4.43. The van der Waals surface area contributed by atoms with Crippen molar-refractivity contribution in [1.29, 1.82) is 5.26 Å². The van der Waals surface area contributed by atoms with Gasteiger partial charge in [0, 0.05) is 29.1 Å². The second-order valence-electron chi connectivity index (χ2n) is 9.07. The van der Waals surface area contributed by atoms with Gasteiger partial charge in [-0.05, 0) is 30.8 Å². The fourth-order valence-electron chi connectivity index (χ4n) is 5.73. The number of fused-ring (bicyclic) bond motifs is 7. The van der Waals surface area contributed by atoms with Crippen LogP contribution in [0.2, 0.25) is 0 Å². The van der Waals surface area contributed by atoms with E-state index in [4.69, 9.17) is 21.7 Å². The van der Waals surface area contributed by atoms with Gasteiger partial charge in [0.15, 0.2) is 16.6 Å². The number of piperazine rings is 1. The van der Waals surface area contributed by atoms with Gasteiger partial charge < -0.3 is 24.6 Å². The van der Waals surface area contributed by atoms with E-state index in [1.54, 1.807) is 23.1 Å². The number of nitrogens with one attached hydrogen (secondary N) is 1. The lowest BCUT2D eigenvalue weighted by atomic mass is 10.1. The van der Waals surface area contributed by atoms with Crippen LogP contribution in [0, 0.1) is 11.3 Å². The zero-order valence-electron chi connectivity index (χ0n) is 18.7. The summed E-state index contributed by atoms with van der Waals surface area (Å²) in [6.45, 7) is 0.726. The molecule has 0 radical (unpaired) electrons. The number of imide groups is 1. The van der Waals surface area contributed by atoms with Gasteiger partial charge in [-0.2, -0.15) is 5.26 Å². The molecule has 3 fully saturated rings. The highest BCUT2D eigenvalue weighted by atomic mass is 32.1. The van der Waals surface area contributed by atoms with Crippen LogP contribution in [-0.2, 0) is 4.79 Å². The van der Waals surface area contributed by atoms with Gasteiger partial charge >= 0.3 is 6.03 Å². The van der Waals surface area contributed by atoms with Crippen molar-refractivity contribution in [2.45, 2.75) is 24.5 Å². The van der Waals surface area contributed by atoms with Gasteiger partial charge in [0.25, 0.3) is 5.91 Å². The molecular weight excluding hydrogens is 480 g/mol. The van der Waals surface area contributed by atoms with Crippen LogP contribution >= 0.6 is 12.2 Å². The van der Waals surface area contributed by atoms with E-state index in [9.17, 15) is 14.9 Å². The molecule has 2 bridgehead atoms. The molecule has 3 aromatic rings. The number of amides is 3. The summed E-state index contributed by atoms with van der Waals surface area (Å²) in [5, 5.41) is 14.4. The van der Waals surface area contributed by atoms with Crippen molar-refractivity contribution < 1.29 is 19.1 Å². The predicted molar refractivity (Wildman–Crippen MR) is 133 cm³/mol. The van der Waals surface area contributed by atoms with Crippen molar-refractivity contribution in [3.63, 3.8) is 0 Å². The summed E-state index contributed by atoms with van der Waals surface area (Å²) in [5.74, 6) is 1.02. The molecule has 3 atom stereocenters. The molecule has 11 heteroatoms. The average Bonchev–Trinajstić information content (AvgIpc) is 3.66. The van der Waals surface area contributed by atoms with Gasteiger partial charge in [-0.15, -0.1) is 0 Å². The third-order valence-corrected chi connectivity index (χ3v) is 7.61. The molecule has 0 spiro atoms. The molecule has 0 aliphatic carbocycles. The number of likely N-dealkylation sites (tertiary alicyclic amines) is 1. The molecule has 178 valence electrons. The lowest BCUT2D eigenvalue weighted by molar-refractivity contribution is -0.120. The van der Waals surface area contributed by atoms with Crippen LogP contribution in [0.15, 0.2) is 48.7 Å². The Bertz CT molecular complexity index is 1540. The van der Waals surface area contributed by atoms with Crippen LogP contribution in [0.5, 0.6) is 11.5 Å². The number of thiocarbonyl (C=S) groups is 1. The largest absolute Gasteiger partial charge is 0.454 e. The summed E-state index contributed by atoms with van der Waals surface area (Å²) in [4.78, 5) is 36.3. The van der Waals surface area contributed by atoms with Gasteiger partial charge in [-0.1, -0.05) is 24.3 Å². The number of nitriles is 1. The van der Waals surface area contributed by atoms with Gasteiger partial charge in [0.05, 0.1) is 24.0 Å². The summed E-state index contributed by atoms with van der Waals surface area (Å²) >= 11 is 5.70. The zero-order chi connectivity index (χ0) is 24.6. The summed E-state index contributed by atoms with van der Waals surface area (Å²) in [7, 11) is 0. The number of anilines is 2. The van der Waals surface area contributed by atoms with E-state index in [-0.39, 0.29) is 36.5 Å². The van der Waals surface area contributed by atoms with Crippen molar-refractivity contribution in [3.05, 3.63) is 54.4 Å². The molecular formula is C25H18N6O4S. The number of carbonyl (C=O) groups excluding carboxylic acids is 2. The molecule has 1 N–H and O–H groups in total. The number of aromatic nitrogens is 1. The molecule has 3 unspecified atom stereocenters. The molecule has 3 saturated heterocycles. The maximum absolute atomic E-state index is 13.7. The highest BCUT2D eigenvalue weighted by molar-refractivity contribution is 7.80. The number of hydrogen-bond acceptors (Lipinski definition) is 7. The Morgan fingerprint density at radius 3 is 2.78 bits per heavy atom. The molecule has 4 aliphatic heterocycles. The first-order valence-electron chi connectivity index (χ1n) is 11.5. The van der Waals surface area contributed by atoms with E-state index in [1.165, 1.54) is 11.1 Å². The predicted octanol–water partition coefficient (Wildman–Crippen LogP) is 2.83. The number of rotatable bonds is 2. The number of benzene rings is 2. The van der Waals surface area contributed by atoms with Crippen molar-refractivity contribution in [1.82, 2.24) is 14.8 Å². The minimum atomic E-state index is -0.637. The number of ether oxygens (including phenoxy) is 2. The van der Waals surface area contributed by atoms with Crippen molar-refractivity contribution in [2.75, 3.05) is 23.6 Å². The second-order valence-corrected chi connectivity index (χ2v) is 9.45. The number of urea groups is 1. The number of nitrogens with zero attached hydrogens (tertiary/aromatic N) is 5. The molecule has 2 aromatic carbocycles. The maximum atomic E-state index is 13.7. The molecule has 4 aliphatic rings. The molecule has 36 heavy (non-hydrogen) atoms. The topological polar surface area (TPSA) is 111 Å². The van der Waals surface area contributed by atoms with Crippen molar-refractivity contribution >= 4 is 51.4 Å². The third-order valence-electron chi connectivity index (χ3n) is 7.27. The van der Waals surface area contributed by atoms with Crippen LogP contribution in [0.25, 0.3) is 10.8 Å². The fraction of sp³-hybridized carbons (Fsp3) is 0.240. The monoisotopic (exact) mass is 498 g/mol. The minimum Gasteiger partial charge on any atom is -0.454 e. The van der Waals surface area contributed by atoms with E-state index in [1.807, 2.05) is 29.2 Å². The van der Waals surface area contributed by atoms with E-state index in [0.717, 1.165) is 5.69 Å². The maximum Gasteiger partial charge on any atom is 0.332 e. The van der Waals surface area contributed by atoms with Crippen LogP contribution in [0.1, 0.15) is 12.1 Å². The zero-order valence-corrected chi connectivity index (χ0v) is 19.6. The average molecular weight is 499 g/mol. The molecule has 5 heterocycles. The smallest absolute Gasteiger partial charge is 0.332 e. The lowest BCUT2D eigenvalue weighted by Crippen LogP contribution is -2.55. The Morgan fingerprint density at radius 1 is 1.14 bits per heavy atom. The Kier molecular flexibility index (Phi) is 4.37. The van der Waals surface area contributed by atoms with E-state index in [2.05, 4.69) is 16.4 Å². The molecule has 10 nitrogen and oxygen atoms in total. The summed E-state index contributed by atoms with van der Waals surface area (Å²) < 4.78 is 10.8. The van der Waals surface area contributed by atoms with Crippen LogP contribution in [0.4, 0.5) is 16.2 Å². The van der Waals surface area contributed by atoms with E-state index in [0.29, 0.717) is 46.0 Å². The second kappa shape index (κ2) is 7.53. The summed E-state index contributed by atoms with van der Waals surface area (Å²) in [5.41, 5.74) is 1.40. The molecule has 7 rings (SSSR count). The highest BCUT2D eigenvalue weighted by Crippen LogP contribution is 2.44. The Morgan fingerprint density at radius 2 is 1.94 bits per heavy atom. The number of hydrogen-bond donors (Lipinski definition) is 1. The van der Waals surface area contributed by atoms with E-state index >= 15 is 0 Å². The molecule has 0 saturated carbocycles. The number of pyridine rings is 1. The first kappa shape index (κ1) is 20.9. The van der Waals surface area contributed by atoms with Gasteiger partial charge in [0.1, 0.15) is 17.8 Å². The fourth-order valence-corrected chi connectivity index (χ4v) is 6.05. The SMILES string of the molecule is N#Cc1ncc(N2C(=O)C3C4CC(CN4C(=S)Nc4ccc5c(c4)OCO5)N3C2=O)c2ccccc12. The van der Waals surface area contributed by atoms with Gasteiger partial charge in [-0.3, -0.25) is 4.79 Å². The lowest BCUT2D eigenvalue weighted by Gasteiger charge is -2.36. The Labute approximate surface area is 210 Å².